The first-order valence-corrected chi connectivity index (χ1v) is 10.2. The number of nitrogens with one attached hydrogen (secondary N) is 2. The van der Waals surface area contributed by atoms with Crippen molar-refractivity contribution in [1.82, 2.24) is 24.7 Å². The maximum absolute atomic E-state index is 13.4. The van der Waals surface area contributed by atoms with E-state index in [0.29, 0.717) is 41.6 Å². The van der Waals surface area contributed by atoms with Crippen molar-refractivity contribution in [2.45, 2.75) is 12.8 Å². The Labute approximate surface area is 182 Å². The molecule has 0 aliphatic heterocycles. The molecule has 0 spiro atoms. The molecule has 0 aliphatic rings. The maximum Gasteiger partial charge on any atom is 0.277 e. The molecule has 2 aromatic carbocycles. The third-order valence-electron chi connectivity index (χ3n) is 5.34. The second-order valence-electron chi connectivity index (χ2n) is 7.38. The van der Waals surface area contributed by atoms with Gasteiger partial charge in [-0.1, -0.05) is 30.3 Å². The van der Waals surface area contributed by atoms with Gasteiger partial charge in [-0.15, -0.1) is 0 Å². The van der Waals surface area contributed by atoms with Crippen LogP contribution in [0.3, 0.4) is 0 Å². The average molecular weight is 429 g/mol. The molecule has 0 aliphatic carbocycles. The highest BCUT2D eigenvalue weighted by Crippen LogP contribution is 2.23. The van der Waals surface area contributed by atoms with Crippen molar-refractivity contribution in [3.63, 3.8) is 0 Å². The lowest BCUT2D eigenvalue weighted by Crippen LogP contribution is -2.18. The van der Waals surface area contributed by atoms with E-state index < -0.39 is 0 Å². The number of H-pyrrole nitrogens is 2. The Hall–Kier alpha value is -4.20. The van der Waals surface area contributed by atoms with Gasteiger partial charge >= 0.3 is 0 Å². The summed E-state index contributed by atoms with van der Waals surface area (Å²) in [5.41, 5.74) is 4.06. The van der Waals surface area contributed by atoms with Gasteiger partial charge in [0.15, 0.2) is 0 Å². The Bertz CT molecular complexity index is 1420. The zero-order valence-corrected chi connectivity index (χ0v) is 17.3. The number of hydrogen-bond acceptors (Lipinski definition) is 4. The minimum Gasteiger partial charge on any atom is -0.481 e. The van der Waals surface area contributed by atoms with Gasteiger partial charge in [0.05, 0.1) is 29.5 Å². The van der Waals surface area contributed by atoms with Crippen LogP contribution in [0.15, 0.2) is 71.5 Å². The zero-order chi connectivity index (χ0) is 22.1. The number of halogens is 1. The second-order valence-corrected chi connectivity index (χ2v) is 7.38. The Morgan fingerprint density at radius 3 is 2.56 bits per heavy atom. The number of rotatable bonds is 6. The lowest BCUT2D eigenvalue weighted by Gasteiger charge is -2.05. The summed E-state index contributed by atoms with van der Waals surface area (Å²) < 4.78 is 19.9. The van der Waals surface area contributed by atoms with Crippen molar-refractivity contribution in [3.05, 3.63) is 94.0 Å². The van der Waals surface area contributed by atoms with Crippen LogP contribution in [0.25, 0.3) is 28.4 Å². The molecule has 0 atom stereocenters. The van der Waals surface area contributed by atoms with E-state index in [2.05, 4.69) is 20.1 Å². The number of para-hydroxylation sites is 2. The number of ether oxygens (including phenoxy) is 1. The van der Waals surface area contributed by atoms with Crippen LogP contribution in [0.2, 0.25) is 0 Å². The summed E-state index contributed by atoms with van der Waals surface area (Å²) in [7, 11) is 1.55. The fourth-order valence-electron chi connectivity index (χ4n) is 3.70. The highest BCUT2D eigenvalue weighted by Gasteiger charge is 2.20. The molecule has 3 aromatic heterocycles. The molecule has 8 heteroatoms. The number of benzene rings is 2. The molecule has 0 radical (unpaired) electrons. The van der Waals surface area contributed by atoms with Crippen LogP contribution >= 0.6 is 0 Å². The summed E-state index contributed by atoms with van der Waals surface area (Å²) in [5.74, 6) is 0.557. The van der Waals surface area contributed by atoms with Crippen molar-refractivity contribution >= 4 is 11.0 Å². The number of imidazole rings is 1. The van der Waals surface area contributed by atoms with Gasteiger partial charge in [-0.25, -0.2) is 14.4 Å². The van der Waals surface area contributed by atoms with Gasteiger partial charge in [0.25, 0.3) is 5.56 Å². The van der Waals surface area contributed by atoms with Gasteiger partial charge in [0.1, 0.15) is 5.82 Å². The van der Waals surface area contributed by atoms with E-state index in [-0.39, 0.29) is 11.4 Å². The Morgan fingerprint density at radius 1 is 0.969 bits per heavy atom. The van der Waals surface area contributed by atoms with Gasteiger partial charge in [0, 0.05) is 11.6 Å². The van der Waals surface area contributed by atoms with Gasteiger partial charge in [-0.05, 0) is 48.7 Å². The summed E-state index contributed by atoms with van der Waals surface area (Å²) in [6.45, 7) is 0. The van der Waals surface area contributed by atoms with Gasteiger partial charge < -0.3 is 9.72 Å². The van der Waals surface area contributed by atoms with Crippen molar-refractivity contribution in [3.8, 4) is 23.2 Å². The van der Waals surface area contributed by atoms with E-state index in [1.807, 2.05) is 36.4 Å². The SMILES string of the molecule is COc1cccc(-c2[nH]n(-c3nc4ccccc4[nH]3)c(=O)c2CCc2ccc(F)cc2)n1. The minimum atomic E-state index is -0.288. The summed E-state index contributed by atoms with van der Waals surface area (Å²) in [5, 5.41) is 3.17. The summed E-state index contributed by atoms with van der Waals surface area (Å²) >= 11 is 0. The molecule has 5 rings (SSSR count). The minimum absolute atomic E-state index is 0.217. The van der Waals surface area contributed by atoms with Crippen LogP contribution < -0.4 is 10.3 Å². The van der Waals surface area contributed by atoms with E-state index in [0.717, 1.165) is 16.6 Å². The normalized spacial score (nSPS) is 11.2. The molecule has 7 nitrogen and oxygen atoms in total. The molecular weight excluding hydrogens is 409 g/mol. The number of fused-ring (bicyclic) bond motifs is 1. The van der Waals surface area contributed by atoms with E-state index in [4.69, 9.17) is 4.74 Å². The first kappa shape index (κ1) is 19.7. The number of hydrogen-bond donors (Lipinski definition) is 2. The third-order valence-corrected chi connectivity index (χ3v) is 5.34. The predicted molar refractivity (Wildman–Crippen MR) is 120 cm³/mol. The van der Waals surface area contributed by atoms with Gasteiger partial charge in [-0.3, -0.25) is 9.89 Å². The Kier molecular flexibility index (Phi) is 5.03. The van der Waals surface area contributed by atoms with Crippen LogP contribution in [0.1, 0.15) is 11.1 Å². The summed E-state index contributed by atoms with van der Waals surface area (Å²) in [4.78, 5) is 25.6. The van der Waals surface area contributed by atoms with Crippen molar-refractivity contribution in [2.75, 3.05) is 7.11 Å². The molecule has 5 aromatic rings. The molecule has 2 N–H and O–H groups in total. The maximum atomic E-state index is 13.4. The predicted octanol–water partition coefficient (Wildman–Crippen LogP) is 4.04. The lowest BCUT2D eigenvalue weighted by molar-refractivity contribution is 0.398. The van der Waals surface area contributed by atoms with E-state index in [1.54, 1.807) is 25.3 Å². The summed E-state index contributed by atoms with van der Waals surface area (Å²) in [6.07, 6.45) is 1.02. The largest absolute Gasteiger partial charge is 0.481 e. The van der Waals surface area contributed by atoms with E-state index in [1.165, 1.54) is 16.8 Å². The number of pyridine rings is 1. The van der Waals surface area contributed by atoms with Gasteiger partial charge in [0.2, 0.25) is 11.8 Å². The van der Waals surface area contributed by atoms with Crippen LogP contribution in [-0.4, -0.2) is 31.8 Å². The highest BCUT2D eigenvalue weighted by molar-refractivity contribution is 5.76. The Balaban J connectivity index is 1.60. The molecule has 0 amide bonds. The lowest BCUT2D eigenvalue weighted by atomic mass is 10.0. The van der Waals surface area contributed by atoms with Crippen LogP contribution in [0.4, 0.5) is 4.39 Å². The molecule has 160 valence electrons. The molecule has 0 fully saturated rings. The van der Waals surface area contributed by atoms with E-state index in [9.17, 15) is 9.18 Å². The van der Waals surface area contributed by atoms with Crippen LogP contribution in [0.5, 0.6) is 5.88 Å². The quantitative estimate of drug-likeness (QED) is 0.426. The van der Waals surface area contributed by atoms with Crippen molar-refractivity contribution < 1.29 is 9.13 Å². The third kappa shape index (κ3) is 3.66. The number of aryl methyl sites for hydroxylation is 1. The van der Waals surface area contributed by atoms with E-state index >= 15 is 0 Å². The smallest absolute Gasteiger partial charge is 0.277 e. The molecule has 0 saturated carbocycles. The fourth-order valence-corrected chi connectivity index (χ4v) is 3.70. The summed E-state index contributed by atoms with van der Waals surface area (Å²) in [6, 6.07) is 19.3. The number of methoxy groups -OCH3 is 1. The molecule has 32 heavy (non-hydrogen) atoms. The van der Waals surface area contributed by atoms with Crippen LogP contribution in [0, 0.1) is 5.82 Å². The first-order chi connectivity index (χ1) is 15.6. The average Bonchev–Trinajstić information content (AvgIpc) is 3.39. The zero-order valence-electron chi connectivity index (χ0n) is 17.3. The molecule has 3 heterocycles. The topological polar surface area (TPSA) is 88.6 Å². The highest BCUT2D eigenvalue weighted by atomic mass is 19.1. The first-order valence-electron chi connectivity index (χ1n) is 10.2. The van der Waals surface area contributed by atoms with Crippen molar-refractivity contribution in [2.24, 2.45) is 0 Å². The van der Waals surface area contributed by atoms with Gasteiger partial charge in [-0.2, -0.15) is 4.68 Å². The Morgan fingerprint density at radius 2 is 1.78 bits per heavy atom. The fraction of sp³-hybridized carbons (Fsp3) is 0.125. The molecule has 0 unspecified atom stereocenters. The second kappa shape index (κ2) is 8.14. The van der Waals surface area contributed by atoms with Crippen molar-refractivity contribution in [1.29, 1.82) is 0 Å². The monoisotopic (exact) mass is 429 g/mol. The van der Waals surface area contributed by atoms with Crippen LogP contribution in [-0.2, 0) is 12.8 Å². The molecular formula is C24H20FN5O2. The number of aromatic nitrogens is 5. The molecule has 0 bridgehead atoms. The number of aromatic amines is 2. The molecule has 0 saturated heterocycles. The standard InChI is InChI=1S/C24H20FN5O2/c1-32-21-8-4-7-20(26-21)22-17(14-11-15-9-12-16(25)13-10-15)23(31)30(29-22)24-27-18-5-2-3-6-19(18)28-24/h2-10,12-13,29H,11,14H2,1H3,(H,27,28). The number of nitrogens with zero attached hydrogens (tertiary/aromatic N) is 3.